The first kappa shape index (κ1) is 30.0. The summed E-state index contributed by atoms with van der Waals surface area (Å²) in [7, 11) is 5.83. The van der Waals surface area contributed by atoms with E-state index < -0.39 is 0 Å². The molecule has 3 rings (SSSR count). The van der Waals surface area contributed by atoms with E-state index in [0.29, 0.717) is 11.7 Å². The van der Waals surface area contributed by atoms with Crippen molar-refractivity contribution in [1.29, 1.82) is 0 Å². The van der Waals surface area contributed by atoms with Crippen LogP contribution in [0.2, 0.25) is 0 Å². The van der Waals surface area contributed by atoms with Gasteiger partial charge in [0.25, 0.3) is 0 Å². The fourth-order valence-corrected chi connectivity index (χ4v) is 5.71. The van der Waals surface area contributed by atoms with Gasteiger partial charge in [-0.15, -0.1) is 0 Å². The number of hydrogen-bond acceptors (Lipinski definition) is 4. The number of aryl methyl sites for hydroxylation is 1. The summed E-state index contributed by atoms with van der Waals surface area (Å²) < 4.78 is 0. The molecule has 0 saturated heterocycles. The number of carbonyl (C=O) groups excluding carboxylic acids is 1. The molecule has 206 valence electrons. The van der Waals surface area contributed by atoms with Crippen LogP contribution in [0.5, 0.6) is 0 Å². The zero-order chi connectivity index (χ0) is 28.4. The molecule has 2 unspecified atom stereocenters. The maximum Gasteiger partial charge on any atom is 0.133 e. The number of allylic oxidation sites excluding steroid dienone is 5. The van der Waals surface area contributed by atoms with Crippen molar-refractivity contribution < 1.29 is 4.79 Å². The number of pyridine rings is 1. The Morgan fingerprint density at radius 2 is 1.90 bits per heavy atom. The Hall–Kier alpha value is -3.53. The van der Waals surface area contributed by atoms with Crippen LogP contribution < -0.4 is 0 Å². The zero-order valence-electron chi connectivity index (χ0n) is 24.5. The lowest BCUT2D eigenvalue weighted by molar-refractivity contribution is -0.123. The maximum atomic E-state index is 12.3. The number of Topliss-reactive ketones (excluding diaryl/α,β-unsaturated/α-hetero) is 1. The Bertz CT molecular complexity index is 1260. The van der Waals surface area contributed by atoms with Gasteiger partial charge in [0.05, 0.1) is 5.69 Å². The molecule has 2 aromatic rings. The Balaban J connectivity index is 1.98. The molecule has 4 heteroatoms. The number of ketones is 1. The Morgan fingerprint density at radius 3 is 2.56 bits per heavy atom. The van der Waals surface area contributed by atoms with Crippen LogP contribution >= 0.6 is 0 Å². The van der Waals surface area contributed by atoms with Crippen LogP contribution in [0.4, 0.5) is 0 Å². The monoisotopic (exact) mass is 523 g/mol. The van der Waals surface area contributed by atoms with Gasteiger partial charge in [-0.1, -0.05) is 68.0 Å². The topological polar surface area (TPSA) is 45.6 Å². The Labute approximate surface area is 236 Å². The second kappa shape index (κ2) is 14.6. The smallest absolute Gasteiger partial charge is 0.133 e. The quantitative estimate of drug-likeness (QED) is 0.208. The third-order valence-electron chi connectivity index (χ3n) is 7.48. The molecule has 2 atom stereocenters. The summed E-state index contributed by atoms with van der Waals surface area (Å²) >= 11 is 0. The maximum absolute atomic E-state index is 12.3. The second-order valence-electron chi connectivity index (χ2n) is 11.0. The summed E-state index contributed by atoms with van der Waals surface area (Å²) in [5, 5.41) is 0. The lowest BCUT2D eigenvalue weighted by Gasteiger charge is -2.29. The van der Waals surface area contributed by atoms with E-state index in [1.165, 1.54) is 12.8 Å². The SMILES string of the molecule is C=C/C(=C\N(C)C)c1cccc(-c2ccc(/C(C=NC)=C/C(=C)C)c(CCCC3CCCCC3C(C)=O)n2)c1. The van der Waals surface area contributed by atoms with Crippen molar-refractivity contribution in [3.63, 3.8) is 0 Å². The molecule has 1 fully saturated rings. The summed E-state index contributed by atoms with van der Waals surface area (Å²) in [4.78, 5) is 23.8. The van der Waals surface area contributed by atoms with E-state index >= 15 is 0 Å². The Kier molecular flexibility index (Phi) is 11.2. The molecule has 1 aromatic carbocycles. The first-order chi connectivity index (χ1) is 18.7. The molecular formula is C35H45N3O. The van der Waals surface area contributed by atoms with Gasteiger partial charge in [-0.3, -0.25) is 14.8 Å². The van der Waals surface area contributed by atoms with E-state index in [1.54, 1.807) is 14.0 Å². The fraction of sp³-hybridized carbons (Fsp3) is 0.400. The highest BCUT2D eigenvalue weighted by molar-refractivity contribution is 6.10. The minimum Gasteiger partial charge on any atom is -0.383 e. The van der Waals surface area contributed by atoms with Gasteiger partial charge in [-0.05, 0) is 75.1 Å². The molecule has 0 bridgehead atoms. The first-order valence-corrected chi connectivity index (χ1v) is 14.1. The van der Waals surface area contributed by atoms with Crippen molar-refractivity contribution in [3.8, 4) is 11.3 Å². The van der Waals surface area contributed by atoms with Crippen LogP contribution in [-0.2, 0) is 11.2 Å². The molecule has 0 amide bonds. The molecule has 1 heterocycles. The molecule has 4 nitrogen and oxygen atoms in total. The number of nitrogens with zero attached hydrogens (tertiary/aromatic N) is 3. The van der Waals surface area contributed by atoms with E-state index in [2.05, 4.69) is 66.8 Å². The zero-order valence-corrected chi connectivity index (χ0v) is 24.5. The average molecular weight is 524 g/mol. The van der Waals surface area contributed by atoms with Crippen LogP contribution in [0.25, 0.3) is 22.4 Å². The largest absolute Gasteiger partial charge is 0.383 e. The minimum atomic E-state index is 0.223. The summed E-state index contributed by atoms with van der Waals surface area (Å²) in [6.45, 7) is 11.9. The lowest BCUT2D eigenvalue weighted by Crippen LogP contribution is -2.25. The van der Waals surface area contributed by atoms with Crippen LogP contribution in [0.1, 0.15) is 69.2 Å². The Morgan fingerprint density at radius 1 is 1.13 bits per heavy atom. The molecule has 0 N–H and O–H groups in total. The van der Waals surface area contributed by atoms with Gasteiger partial charge in [0, 0.05) is 61.9 Å². The molecule has 1 aliphatic carbocycles. The summed E-state index contributed by atoms with van der Waals surface area (Å²) in [6, 6.07) is 12.8. The standard InChI is InChI=1S/C35H45N3O/c1-8-27(24-38(6)7)29-15-11-16-30(22-29)34-20-19-33(31(23-36-5)21-25(2)3)35(37-34)18-12-14-28-13-9-10-17-32(28)26(4)39/h8,11,15-16,19-24,28,32H,1-2,9-10,12-14,17-18H2,3-7H3/b27-24+,31-21+,36-23?. The minimum absolute atomic E-state index is 0.223. The van der Waals surface area contributed by atoms with Crippen molar-refractivity contribution >= 4 is 23.1 Å². The molecular weight excluding hydrogens is 478 g/mol. The molecule has 39 heavy (non-hydrogen) atoms. The van der Waals surface area contributed by atoms with Gasteiger partial charge in [-0.25, -0.2) is 0 Å². The molecule has 1 saturated carbocycles. The third kappa shape index (κ3) is 8.48. The number of hydrogen-bond donors (Lipinski definition) is 0. The first-order valence-electron chi connectivity index (χ1n) is 14.1. The highest BCUT2D eigenvalue weighted by Gasteiger charge is 2.28. The van der Waals surface area contributed by atoms with Crippen molar-refractivity contribution in [2.75, 3.05) is 21.1 Å². The third-order valence-corrected chi connectivity index (χ3v) is 7.48. The van der Waals surface area contributed by atoms with Crippen molar-refractivity contribution in [2.45, 2.75) is 58.8 Å². The number of benzene rings is 1. The molecule has 1 aromatic heterocycles. The number of aliphatic imine (C=N–C) groups is 1. The average Bonchev–Trinajstić information content (AvgIpc) is 2.91. The van der Waals surface area contributed by atoms with Crippen LogP contribution in [0.15, 0.2) is 78.5 Å². The summed E-state index contributed by atoms with van der Waals surface area (Å²) in [6.07, 6.45) is 15.5. The van der Waals surface area contributed by atoms with Crippen LogP contribution in [0.3, 0.4) is 0 Å². The highest BCUT2D eigenvalue weighted by atomic mass is 16.1. The van der Waals surface area contributed by atoms with E-state index in [-0.39, 0.29) is 5.92 Å². The number of rotatable bonds is 12. The van der Waals surface area contributed by atoms with Gasteiger partial charge < -0.3 is 4.90 Å². The van der Waals surface area contributed by atoms with E-state index in [1.807, 2.05) is 38.2 Å². The van der Waals surface area contributed by atoms with Gasteiger partial charge >= 0.3 is 0 Å². The predicted octanol–water partition coefficient (Wildman–Crippen LogP) is 8.22. The van der Waals surface area contributed by atoms with Gasteiger partial charge in [0.15, 0.2) is 0 Å². The lowest BCUT2D eigenvalue weighted by atomic mass is 9.75. The van der Waals surface area contributed by atoms with Crippen LogP contribution in [-0.4, -0.2) is 43.0 Å². The van der Waals surface area contributed by atoms with Gasteiger partial charge in [0.2, 0.25) is 0 Å². The van der Waals surface area contributed by atoms with E-state index in [0.717, 1.165) is 76.9 Å². The molecule has 1 aliphatic rings. The van der Waals surface area contributed by atoms with Crippen molar-refractivity contribution in [1.82, 2.24) is 9.88 Å². The van der Waals surface area contributed by atoms with E-state index in [9.17, 15) is 4.79 Å². The summed E-state index contributed by atoms with van der Waals surface area (Å²) in [5.74, 6) is 1.07. The predicted molar refractivity (Wildman–Crippen MR) is 168 cm³/mol. The van der Waals surface area contributed by atoms with Gasteiger partial charge in [0.1, 0.15) is 5.78 Å². The fourth-order valence-electron chi connectivity index (χ4n) is 5.71. The summed E-state index contributed by atoms with van der Waals surface area (Å²) in [5.41, 5.74) is 8.35. The molecule has 0 aliphatic heterocycles. The molecule has 0 spiro atoms. The highest BCUT2D eigenvalue weighted by Crippen LogP contribution is 2.35. The van der Waals surface area contributed by atoms with Crippen molar-refractivity contribution in [3.05, 3.63) is 90.3 Å². The number of carbonyl (C=O) groups is 1. The normalized spacial score (nSPS) is 18.3. The van der Waals surface area contributed by atoms with Crippen molar-refractivity contribution in [2.24, 2.45) is 16.8 Å². The number of aromatic nitrogens is 1. The van der Waals surface area contributed by atoms with E-state index in [4.69, 9.17) is 4.98 Å². The van der Waals surface area contributed by atoms with Crippen LogP contribution in [0, 0.1) is 11.8 Å². The second-order valence-corrected chi connectivity index (χ2v) is 11.0. The van der Waals surface area contributed by atoms with Gasteiger partial charge in [-0.2, -0.15) is 0 Å². The molecule has 0 radical (unpaired) electrons.